The van der Waals surface area contributed by atoms with E-state index in [-0.39, 0.29) is 36.5 Å². The first kappa shape index (κ1) is 28.9. The summed E-state index contributed by atoms with van der Waals surface area (Å²) in [7, 11) is -1.95. The van der Waals surface area contributed by atoms with Gasteiger partial charge in [-0.2, -0.15) is 0 Å². The number of likely N-dealkylation sites (N-methyl/N-ethyl adjacent to an activating group) is 1. The van der Waals surface area contributed by atoms with Crippen molar-refractivity contribution in [2.24, 2.45) is 11.3 Å². The van der Waals surface area contributed by atoms with Crippen molar-refractivity contribution in [3.63, 3.8) is 0 Å². The van der Waals surface area contributed by atoms with Crippen molar-refractivity contribution in [3.8, 4) is 0 Å². The van der Waals surface area contributed by atoms with Crippen molar-refractivity contribution in [3.05, 3.63) is 69.7 Å². The topological polar surface area (TPSA) is 95.0 Å². The monoisotopic (exact) mass is 580 g/mol. The molecule has 0 radical (unpaired) electrons. The normalized spacial score (nSPS) is 25.0. The SMILES string of the molecule is CCS(=O)(=O)N(C)C[C@H](C1CC1)N1C(=O)[C@@](C)(CC(=O)O)C[C@H](c2cccc(Cl)c2)[C@H]1c1ccc(Cl)cc1. The third kappa shape index (κ3) is 6.03. The quantitative estimate of drug-likeness (QED) is 0.395. The first-order chi connectivity index (χ1) is 17.9. The lowest BCUT2D eigenvalue weighted by atomic mass is 9.67. The number of halogens is 2. The van der Waals surface area contributed by atoms with Crippen LogP contribution in [0.1, 0.15) is 62.6 Å². The van der Waals surface area contributed by atoms with E-state index in [4.69, 9.17) is 23.2 Å². The number of amides is 1. The van der Waals surface area contributed by atoms with Gasteiger partial charge in [-0.3, -0.25) is 9.59 Å². The fourth-order valence-electron chi connectivity index (χ4n) is 5.79. The van der Waals surface area contributed by atoms with Crippen LogP contribution in [-0.4, -0.2) is 60.0 Å². The highest BCUT2D eigenvalue weighted by Crippen LogP contribution is 2.54. The number of piperidine rings is 1. The van der Waals surface area contributed by atoms with Gasteiger partial charge in [0.05, 0.1) is 23.6 Å². The molecule has 38 heavy (non-hydrogen) atoms. The Bertz CT molecular complexity index is 1300. The van der Waals surface area contributed by atoms with Crippen LogP contribution in [0.5, 0.6) is 0 Å². The van der Waals surface area contributed by atoms with E-state index in [1.165, 1.54) is 4.31 Å². The molecule has 2 aliphatic rings. The summed E-state index contributed by atoms with van der Waals surface area (Å²) in [6.45, 7) is 3.45. The second-order valence-corrected chi connectivity index (χ2v) is 14.0. The van der Waals surface area contributed by atoms with Crippen molar-refractivity contribution < 1.29 is 23.1 Å². The van der Waals surface area contributed by atoms with Gasteiger partial charge < -0.3 is 10.0 Å². The summed E-state index contributed by atoms with van der Waals surface area (Å²) >= 11 is 12.6. The van der Waals surface area contributed by atoms with E-state index in [1.807, 2.05) is 30.3 Å². The Morgan fingerprint density at radius 1 is 1.13 bits per heavy atom. The fraction of sp³-hybridized carbons (Fsp3) is 0.500. The molecule has 4 atom stereocenters. The van der Waals surface area contributed by atoms with Gasteiger partial charge in [0.2, 0.25) is 15.9 Å². The van der Waals surface area contributed by atoms with Crippen molar-refractivity contribution in [1.29, 1.82) is 0 Å². The maximum Gasteiger partial charge on any atom is 0.304 e. The second kappa shape index (κ2) is 11.2. The van der Waals surface area contributed by atoms with Crippen LogP contribution in [0.3, 0.4) is 0 Å². The summed E-state index contributed by atoms with van der Waals surface area (Å²) in [5.41, 5.74) is 0.573. The Labute approximate surface area is 234 Å². The molecule has 1 heterocycles. The van der Waals surface area contributed by atoms with Gasteiger partial charge in [0.25, 0.3) is 0 Å². The van der Waals surface area contributed by atoms with Crippen LogP contribution in [0.15, 0.2) is 48.5 Å². The number of carbonyl (C=O) groups excluding carboxylic acids is 1. The lowest BCUT2D eigenvalue weighted by Gasteiger charge is -2.52. The molecule has 206 valence electrons. The number of likely N-dealkylation sites (tertiary alicyclic amines) is 1. The van der Waals surface area contributed by atoms with E-state index >= 15 is 0 Å². The van der Waals surface area contributed by atoms with Gasteiger partial charge in [0.15, 0.2) is 0 Å². The Morgan fingerprint density at radius 3 is 2.34 bits per heavy atom. The predicted molar refractivity (Wildman–Crippen MR) is 149 cm³/mol. The lowest BCUT2D eigenvalue weighted by molar-refractivity contribution is -0.161. The zero-order chi connectivity index (χ0) is 27.8. The molecule has 4 rings (SSSR count). The minimum absolute atomic E-state index is 0.0443. The van der Waals surface area contributed by atoms with E-state index in [1.54, 1.807) is 44.0 Å². The molecule has 2 aromatic rings. The standard InChI is InChI=1S/C28H34Cl2N2O5S/c1-4-38(36,37)31(3)17-24(18-8-9-18)32-26(19-10-12-21(29)13-11-19)23(20-6-5-7-22(30)14-20)15-28(2,27(32)35)16-25(33)34/h5-7,10-14,18,23-24,26H,4,8-9,15-17H2,1-3H3,(H,33,34)/t23-,24-,26-,28-/m1/s1. The van der Waals surface area contributed by atoms with Crippen LogP contribution < -0.4 is 0 Å². The van der Waals surface area contributed by atoms with E-state index in [2.05, 4.69) is 0 Å². The number of nitrogens with zero attached hydrogens (tertiary/aromatic N) is 2. The van der Waals surface area contributed by atoms with Crippen LogP contribution in [0.4, 0.5) is 0 Å². The Balaban J connectivity index is 1.91. The second-order valence-electron chi connectivity index (χ2n) is 10.8. The van der Waals surface area contributed by atoms with E-state index in [0.717, 1.165) is 24.0 Å². The molecule has 7 nitrogen and oxygen atoms in total. The van der Waals surface area contributed by atoms with Crippen molar-refractivity contribution in [2.45, 2.75) is 57.5 Å². The number of benzene rings is 2. The van der Waals surface area contributed by atoms with Crippen LogP contribution in [0, 0.1) is 11.3 Å². The minimum atomic E-state index is -3.50. The van der Waals surface area contributed by atoms with Crippen molar-refractivity contribution >= 4 is 45.1 Å². The number of hydrogen-bond acceptors (Lipinski definition) is 4. The third-order valence-corrected chi connectivity index (χ3v) is 10.3. The molecule has 1 aliphatic carbocycles. The Kier molecular flexibility index (Phi) is 8.48. The van der Waals surface area contributed by atoms with Gasteiger partial charge in [-0.1, -0.05) is 54.4 Å². The van der Waals surface area contributed by atoms with E-state index in [9.17, 15) is 23.1 Å². The first-order valence-corrected chi connectivity index (χ1v) is 15.2. The molecule has 2 fully saturated rings. The average molecular weight is 582 g/mol. The number of aliphatic carboxylic acids is 1. The maximum absolute atomic E-state index is 14.4. The number of sulfonamides is 1. The molecule has 0 unspecified atom stereocenters. The molecule has 1 amide bonds. The average Bonchev–Trinajstić information content (AvgIpc) is 3.70. The number of carboxylic acids is 1. The summed E-state index contributed by atoms with van der Waals surface area (Å²) in [5.74, 6) is -1.51. The van der Waals surface area contributed by atoms with Gasteiger partial charge in [0.1, 0.15) is 0 Å². The van der Waals surface area contributed by atoms with Crippen LogP contribution in [0.2, 0.25) is 10.0 Å². The highest BCUT2D eigenvalue weighted by atomic mass is 35.5. The molecule has 2 aromatic carbocycles. The molecule has 0 aromatic heterocycles. The summed E-state index contributed by atoms with van der Waals surface area (Å²) in [5, 5.41) is 10.9. The van der Waals surface area contributed by atoms with Gasteiger partial charge in [0, 0.05) is 35.6 Å². The molecular formula is C28H34Cl2N2O5S. The zero-order valence-corrected chi connectivity index (χ0v) is 24.1. The Morgan fingerprint density at radius 2 is 1.79 bits per heavy atom. The van der Waals surface area contributed by atoms with E-state index < -0.39 is 33.5 Å². The van der Waals surface area contributed by atoms with Gasteiger partial charge >= 0.3 is 5.97 Å². The number of hydrogen-bond donors (Lipinski definition) is 1. The van der Waals surface area contributed by atoms with Crippen molar-refractivity contribution in [1.82, 2.24) is 9.21 Å². The Hall–Kier alpha value is -2.13. The molecule has 1 saturated heterocycles. The zero-order valence-electron chi connectivity index (χ0n) is 21.8. The molecular weight excluding hydrogens is 547 g/mol. The summed E-state index contributed by atoms with van der Waals surface area (Å²) in [6, 6.07) is 13.9. The molecule has 0 bridgehead atoms. The van der Waals surface area contributed by atoms with Crippen LogP contribution in [0.25, 0.3) is 0 Å². The third-order valence-electron chi connectivity index (χ3n) is 7.94. The molecule has 1 N–H and O–H groups in total. The highest BCUT2D eigenvalue weighted by Gasteiger charge is 2.54. The summed E-state index contributed by atoms with van der Waals surface area (Å²) in [4.78, 5) is 28.2. The summed E-state index contributed by atoms with van der Waals surface area (Å²) in [6.07, 6.45) is 1.73. The molecule has 1 aliphatic heterocycles. The molecule has 0 spiro atoms. The number of carbonyl (C=O) groups is 2. The first-order valence-electron chi connectivity index (χ1n) is 12.9. The summed E-state index contributed by atoms with van der Waals surface area (Å²) < 4.78 is 26.8. The smallest absolute Gasteiger partial charge is 0.304 e. The van der Waals surface area contributed by atoms with Crippen LogP contribution >= 0.6 is 23.2 Å². The van der Waals surface area contributed by atoms with Crippen molar-refractivity contribution in [2.75, 3.05) is 19.3 Å². The van der Waals surface area contributed by atoms with Gasteiger partial charge in [-0.25, -0.2) is 12.7 Å². The number of carboxylic acid groups (broad SMARTS) is 1. The molecule has 10 heteroatoms. The number of rotatable bonds is 10. The lowest BCUT2D eigenvalue weighted by Crippen LogP contribution is -2.59. The highest BCUT2D eigenvalue weighted by molar-refractivity contribution is 7.89. The minimum Gasteiger partial charge on any atom is -0.481 e. The maximum atomic E-state index is 14.4. The largest absolute Gasteiger partial charge is 0.481 e. The molecule has 1 saturated carbocycles. The van der Waals surface area contributed by atoms with Crippen LogP contribution in [-0.2, 0) is 19.6 Å². The van der Waals surface area contributed by atoms with E-state index in [0.29, 0.717) is 16.5 Å². The predicted octanol–water partition coefficient (Wildman–Crippen LogP) is 5.59. The fourth-order valence-corrected chi connectivity index (χ4v) is 6.93. The van der Waals surface area contributed by atoms with Gasteiger partial charge in [-0.05, 0) is 67.5 Å². The van der Waals surface area contributed by atoms with Gasteiger partial charge in [-0.15, -0.1) is 0 Å².